The summed E-state index contributed by atoms with van der Waals surface area (Å²) >= 11 is 0. The van der Waals surface area contributed by atoms with Gasteiger partial charge in [-0.05, 0) is 36.8 Å². The van der Waals surface area contributed by atoms with Crippen LogP contribution in [0.15, 0.2) is 54.6 Å². The summed E-state index contributed by atoms with van der Waals surface area (Å²) in [6, 6.07) is 16.9. The van der Waals surface area contributed by atoms with Gasteiger partial charge >= 0.3 is 0 Å². The number of nitrogens with one attached hydrogen (secondary N) is 1. The highest BCUT2D eigenvalue weighted by Gasteiger charge is 2.31. The third-order valence-electron chi connectivity index (χ3n) is 4.36. The highest BCUT2D eigenvalue weighted by Crippen LogP contribution is 2.25. The Morgan fingerprint density at radius 2 is 1.92 bits per heavy atom. The van der Waals surface area contributed by atoms with Gasteiger partial charge in [-0.25, -0.2) is 0 Å². The molecule has 0 saturated carbocycles. The molecule has 1 saturated heterocycles. The summed E-state index contributed by atoms with van der Waals surface area (Å²) in [6.07, 6.45) is 0.119. The van der Waals surface area contributed by atoms with Crippen LogP contribution in [0.3, 0.4) is 0 Å². The van der Waals surface area contributed by atoms with Crippen molar-refractivity contribution in [1.29, 1.82) is 0 Å². The Morgan fingerprint density at radius 3 is 2.56 bits per heavy atom. The molecule has 0 unspecified atom stereocenters. The molecule has 0 bridgehead atoms. The zero-order valence-electron chi connectivity index (χ0n) is 14.6. The van der Waals surface area contributed by atoms with Crippen LogP contribution in [0.4, 0.5) is 5.69 Å². The first kappa shape index (κ1) is 17.5. The summed E-state index contributed by atoms with van der Waals surface area (Å²) in [5.74, 6) is 0.727. The molecule has 132 valence electrons. The van der Waals surface area contributed by atoms with Gasteiger partial charge in [-0.3, -0.25) is 9.69 Å². The van der Waals surface area contributed by atoms with Gasteiger partial charge in [0, 0.05) is 18.8 Å². The fraction of sp³-hybridized carbons (Fsp3) is 0.350. The van der Waals surface area contributed by atoms with Gasteiger partial charge in [0.1, 0.15) is 11.8 Å². The van der Waals surface area contributed by atoms with Crippen molar-refractivity contribution >= 4 is 11.6 Å². The number of anilines is 1. The number of benzene rings is 2. The maximum Gasteiger partial charge on any atom is 0.246 e. The lowest BCUT2D eigenvalue weighted by atomic mass is 10.0. The number of carbonyl (C=O) groups is 1. The summed E-state index contributed by atoms with van der Waals surface area (Å²) in [4.78, 5) is 15.2. The summed E-state index contributed by atoms with van der Waals surface area (Å²) in [6.45, 7) is 4.14. The van der Waals surface area contributed by atoms with Crippen molar-refractivity contribution < 1.29 is 14.3 Å². The quantitative estimate of drug-likeness (QED) is 0.909. The molecule has 0 spiro atoms. The van der Waals surface area contributed by atoms with Crippen molar-refractivity contribution in [2.75, 3.05) is 32.1 Å². The van der Waals surface area contributed by atoms with Gasteiger partial charge in [0.15, 0.2) is 0 Å². The molecule has 2 aromatic carbocycles. The molecule has 1 N–H and O–H groups in total. The lowest BCUT2D eigenvalue weighted by molar-refractivity contribution is -0.124. The molecule has 2 aromatic rings. The van der Waals surface area contributed by atoms with Crippen LogP contribution in [-0.2, 0) is 9.53 Å². The lowest BCUT2D eigenvalue weighted by Gasteiger charge is -2.36. The first-order valence-corrected chi connectivity index (χ1v) is 8.53. The molecule has 2 atom stereocenters. The lowest BCUT2D eigenvalue weighted by Crippen LogP contribution is -2.46. The Hall–Kier alpha value is -2.37. The van der Waals surface area contributed by atoms with Crippen LogP contribution in [-0.4, -0.2) is 43.7 Å². The van der Waals surface area contributed by atoms with Crippen molar-refractivity contribution in [3.63, 3.8) is 0 Å². The SMILES string of the molecule is COc1ccc(NC(=O)[C@@H](c2ccccc2)N2CCO[C@H](C)C2)cc1. The third kappa shape index (κ3) is 4.38. The number of ether oxygens (including phenoxy) is 2. The Kier molecular flexibility index (Phi) is 5.68. The van der Waals surface area contributed by atoms with Crippen LogP contribution in [0.1, 0.15) is 18.5 Å². The van der Waals surface area contributed by atoms with Crippen LogP contribution in [0.5, 0.6) is 5.75 Å². The van der Waals surface area contributed by atoms with Gasteiger partial charge in [0.05, 0.1) is 19.8 Å². The minimum Gasteiger partial charge on any atom is -0.497 e. The van der Waals surface area contributed by atoms with E-state index in [0.29, 0.717) is 6.61 Å². The molecular weight excluding hydrogens is 316 g/mol. The minimum atomic E-state index is -0.338. The first-order chi connectivity index (χ1) is 12.2. The summed E-state index contributed by atoms with van der Waals surface area (Å²) < 4.78 is 10.8. The number of amides is 1. The van der Waals surface area contributed by atoms with E-state index >= 15 is 0 Å². The molecule has 1 amide bonds. The molecule has 3 rings (SSSR count). The number of hydrogen-bond acceptors (Lipinski definition) is 4. The maximum atomic E-state index is 13.0. The number of nitrogens with zero attached hydrogens (tertiary/aromatic N) is 1. The number of rotatable bonds is 5. The molecule has 0 radical (unpaired) electrons. The van der Waals surface area contributed by atoms with Gasteiger partial charge in [-0.2, -0.15) is 0 Å². The van der Waals surface area contributed by atoms with Crippen molar-refractivity contribution in [2.24, 2.45) is 0 Å². The van der Waals surface area contributed by atoms with E-state index in [9.17, 15) is 4.79 Å². The zero-order chi connectivity index (χ0) is 17.6. The predicted molar refractivity (Wildman–Crippen MR) is 97.8 cm³/mol. The third-order valence-corrected chi connectivity index (χ3v) is 4.36. The second-order valence-electron chi connectivity index (χ2n) is 6.21. The fourth-order valence-electron chi connectivity index (χ4n) is 3.13. The van der Waals surface area contributed by atoms with Crippen LogP contribution >= 0.6 is 0 Å². The van der Waals surface area contributed by atoms with Crippen molar-refractivity contribution in [3.05, 3.63) is 60.2 Å². The molecular formula is C20H24N2O3. The number of hydrogen-bond donors (Lipinski definition) is 1. The zero-order valence-corrected chi connectivity index (χ0v) is 14.6. The Morgan fingerprint density at radius 1 is 1.20 bits per heavy atom. The van der Waals surface area contributed by atoms with Crippen molar-refractivity contribution in [3.8, 4) is 5.75 Å². The normalized spacial score (nSPS) is 19.2. The van der Waals surface area contributed by atoms with Crippen molar-refractivity contribution in [1.82, 2.24) is 4.90 Å². The second-order valence-corrected chi connectivity index (χ2v) is 6.21. The Bertz CT molecular complexity index is 688. The van der Waals surface area contributed by atoms with Crippen molar-refractivity contribution in [2.45, 2.75) is 19.1 Å². The van der Waals surface area contributed by atoms with Crippen LogP contribution < -0.4 is 10.1 Å². The van der Waals surface area contributed by atoms with Gasteiger partial charge in [0.2, 0.25) is 5.91 Å². The molecule has 1 heterocycles. The van der Waals surface area contributed by atoms with E-state index in [-0.39, 0.29) is 18.1 Å². The van der Waals surface area contributed by atoms with E-state index in [0.717, 1.165) is 30.1 Å². The fourth-order valence-corrected chi connectivity index (χ4v) is 3.13. The monoisotopic (exact) mass is 340 g/mol. The minimum absolute atomic E-state index is 0.0366. The molecule has 5 heteroatoms. The standard InChI is InChI=1S/C20H24N2O3/c1-15-14-22(12-13-25-15)19(16-6-4-3-5-7-16)20(23)21-17-8-10-18(24-2)11-9-17/h3-11,15,19H,12-14H2,1-2H3,(H,21,23)/t15-,19-/m1/s1. The highest BCUT2D eigenvalue weighted by atomic mass is 16.5. The molecule has 1 fully saturated rings. The first-order valence-electron chi connectivity index (χ1n) is 8.53. The topological polar surface area (TPSA) is 50.8 Å². The predicted octanol–water partition coefficient (Wildman–Crippen LogP) is 3.10. The van der Waals surface area contributed by atoms with Gasteiger partial charge < -0.3 is 14.8 Å². The molecule has 0 aliphatic carbocycles. The number of carbonyl (C=O) groups excluding carboxylic acids is 1. The van der Waals surface area contributed by atoms with E-state index in [1.807, 2.05) is 61.5 Å². The average Bonchev–Trinajstić information content (AvgIpc) is 2.63. The number of methoxy groups -OCH3 is 1. The molecule has 25 heavy (non-hydrogen) atoms. The van der Waals surface area contributed by atoms with E-state index in [1.54, 1.807) is 7.11 Å². The van der Waals surface area contributed by atoms with Crippen LogP contribution in [0.2, 0.25) is 0 Å². The molecule has 0 aromatic heterocycles. The summed E-state index contributed by atoms with van der Waals surface area (Å²) in [7, 11) is 1.62. The van der Waals surface area contributed by atoms with Gasteiger partial charge in [-0.15, -0.1) is 0 Å². The Balaban J connectivity index is 1.81. The largest absolute Gasteiger partial charge is 0.497 e. The number of morpholine rings is 1. The van der Waals surface area contributed by atoms with E-state index in [1.165, 1.54) is 0 Å². The highest BCUT2D eigenvalue weighted by molar-refractivity contribution is 5.95. The second kappa shape index (κ2) is 8.14. The van der Waals surface area contributed by atoms with Gasteiger partial charge in [-0.1, -0.05) is 30.3 Å². The maximum absolute atomic E-state index is 13.0. The van der Waals surface area contributed by atoms with Crippen LogP contribution in [0, 0.1) is 0 Å². The van der Waals surface area contributed by atoms with Crippen LogP contribution in [0.25, 0.3) is 0 Å². The smallest absolute Gasteiger partial charge is 0.246 e. The summed E-state index contributed by atoms with van der Waals surface area (Å²) in [5, 5.41) is 3.03. The van der Waals surface area contributed by atoms with Gasteiger partial charge in [0.25, 0.3) is 0 Å². The molecule has 5 nitrogen and oxygen atoms in total. The van der Waals surface area contributed by atoms with E-state index in [4.69, 9.17) is 9.47 Å². The average molecular weight is 340 g/mol. The van der Waals surface area contributed by atoms with E-state index in [2.05, 4.69) is 10.2 Å². The molecule has 1 aliphatic heterocycles. The molecule has 1 aliphatic rings. The van der Waals surface area contributed by atoms with E-state index < -0.39 is 0 Å². The summed E-state index contributed by atoms with van der Waals surface area (Å²) in [5.41, 5.74) is 1.75. The Labute approximate surface area is 148 Å².